The second-order valence-electron chi connectivity index (χ2n) is 2.74. The van der Waals surface area contributed by atoms with E-state index >= 15 is 0 Å². The van der Waals surface area contributed by atoms with Crippen molar-refractivity contribution in [2.75, 3.05) is 6.54 Å². The first-order chi connectivity index (χ1) is 5.88. The molecule has 2 N–H and O–H groups in total. The Hall–Kier alpha value is -1.08. The van der Waals surface area contributed by atoms with Crippen molar-refractivity contribution < 1.29 is 0 Å². The summed E-state index contributed by atoms with van der Waals surface area (Å²) in [5, 5.41) is 0. The maximum Gasteiger partial charge on any atom is -0.00365 e. The third-order valence-electron chi connectivity index (χ3n) is 1.81. The maximum atomic E-state index is 5.50. The first-order valence-corrected chi connectivity index (χ1v) is 4.29. The predicted molar refractivity (Wildman–Crippen MR) is 53.9 cm³/mol. The van der Waals surface area contributed by atoms with Crippen LogP contribution in [0, 0.1) is 0 Å². The first-order valence-electron chi connectivity index (χ1n) is 4.29. The van der Waals surface area contributed by atoms with Crippen molar-refractivity contribution in [1.29, 1.82) is 0 Å². The molecule has 64 valence electrons. The van der Waals surface area contributed by atoms with Crippen LogP contribution < -0.4 is 5.73 Å². The molecule has 0 unspecified atom stereocenters. The normalized spacial score (nSPS) is 10.8. The maximum absolute atomic E-state index is 5.50. The van der Waals surface area contributed by atoms with Gasteiger partial charge in [-0.3, -0.25) is 0 Å². The van der Waals surface area contributed by atoms with Gasteiger partial charge in [0.2, 0.25) is 0 Å². The molecule has 12 heavy (non-hydrogen) atoms. The van der Waals surface area contributed by atoms with Crippen LogP contribution in [-0.2, 0) is 6.42 Å². The van der Waals surface area contributed by atoms with Crippen LogP contribution in [0.5, 0.6) is 0 Å². The van der Waals surface area contributed by atoms with Gasteiger partial charge in [0.15, 0.2) is 0 Å². The minimum Gasteiger partial charge on any atom is -0.330 e. The molecule has 0 bridgehead atoms. The van der Waals surface area contributed by atoms with E-state index in [0.717, 1.165) is 6.42 Å². The standard InChI is InChI=1S/C11H15N/c1-2-5-10-6-3-4-7-11(10)8-9-12/h2-7H,8-9,12H2,1H3. The van der Waals surface area contributed by atoms with E-state index in [1.807, 2.05) is 6.92 Å². The van der Waals surface area contributed by atoms with Gasteiger partial charge in [-0.1, -0.05) is 36.4 Å². The van der Waals surface area contributed by atoms with E-state index in [1.165, 1.54) is 11.1 Å². The van der Waals surface area contributed by atoms with Crippen LogP contribution in [0.25, 0.3) is 6.08 Å². The van der Waals surface area contributed by atoms with Crippen LogP contribution >= 0.6 is 0 Å². The summed E-state index contributed by atoms with van der Waals surface area (Å²) in [5.74, 6) is 0. The highest BCUT2D eigenvalue weighted by molar-refractivity contribution is 5.53. The zero-order chi connectivity index (χ0) is 8.81. The molecule has 0 saturated carbocycles. The molecule has 1 heteroatoms. The molecule has 0 heterocycles. The summed E-state index contributed by atoms with van der Waals surface area (Å²) in [6, 6.07) is 8.35. The summed E-state index contributed by atoms with van der Waals surface area (Å²) in [7, 11) is 0. The Morgan fingerprint density at radius 2 is 2.08 bits per heavy atom. The molecule has 1 rings (SSSR count). The lowest BCUT2D eigenvalue weighted by atomic mass is 10.0. The lowest BCUT2D eigenvalue weighted by molar-refractivity contribution is 0.966. The van der Waals surface area contributed by atoms with Crippen LogP contribution in [0.3, 0.4) is 0 Å². The Kier molecular flexibility index (Phi) is 3.55. The predicted octanol–water partition coefficient (Wildman–Crippen LogP) is 2.22. The second kappa shape index (κ2) is 4.73. The highest BCUT2D eigenvalue weighted by Crippen LogP contribution is 2.10. The highest BCUT2D eigenvalue weighted by atomic mass is 14.5. The van der Waals surface area contributed by atoms with E-state index in [9.17, 15) is 0 Å². The van der Waals surface area contributed by atoms with Crippen LogP contribution in [0.15, 0.2) is 30.3 Å². The van der Waals surface area contributed by atoms with Gasteiger partial charge in [0.25, 0.3) is 0 Å². The molecular weight excluding hydrogens is 146 g/mol. The number of rotatable bonds is 3. The third-order valence-corrected chi connectivity index (χ3v) is 1.81. The molecule has 0 aliphatic rings. The molecule has 0 aliphatic carbocycles. The molecule has 1 nitrogen and oxygen atoms in total. The van der Waals surface area contributed by atoms with E-state index in [1.54, 1.807) is 0 Å². The molecular formula is C11H15N. The molecule has 0 atom stereocenters. The topological polar surface area (TPSA) is 26.0 Å². The van der Waals surface area contributed by atoms with Crippen LogP contribution in [0.2, 0.25) is 0 Å². The molecule has 0 amide bonds. The van der Waals surface area contributed by atoms with E-state index in [0.29, 0.717) is 6.54 Å². The summed E-state index contributed by atoms with van der Waals surface area (Å²) in [6.45, 7) is 2.74. The van der Waals surface area contributed by atoms with Crippen LogP contribution in [-0.4, -0.2) is 6.54 Å². The monoisotopic (exact) mass is 161 g/mol. The van der Waals surface area contributed by atoms with Gasteiger partial charge < -0.3 is 5.73 Å². The van der Waals surface area contributed by atoms with E-state index in [2.05, 4.69) is 36.4 Å². The van der Waals surface area contributed by atoms with Gasteiger partial charge >= 0.3 is 0 Å². The molecule has 1 aromatic carbocycles. The molecule has 0 fully saturated rings. The van der Waals surface area contributed by atoms with Crippen molar-refractivity contribution in [3.8, 4) is 0 Å². The average Bonchev–Trinajstić information content (AvgIpc) is 2.09. The van der Waals surface area contributed by atoms with Crippen molar-refractivity contribution in [3.05, 3.63) is 41.5 Å². The Balaban J connectivity index is 2.91. The number of hydrogen-bond acceptors (Lipinski definition) is 1. The van der Waals surface area contributed by atoms with E-state index in [-0.39, 0.29) is 0 Å². The summed E-state index contributed by atoms with van der Waals surface area (Å²) in [6.07, 6.45) is 5.13. The fraction of sp³-hybridized carbons (Fsp3) is 0.273. The quantitative estimate of drug-likeness (QED) is 0.722. The zero-order valence-corrected chi connectivity index (χ0v) is 7.46. The van der Waals surface area contributed by atoms with Gasteiger partial charge in [0, 0.05) is 0 Å². The Morgan fingerprint density at radius 1 is 1.33 bits per heavy atom. The summed E-state index contributed by atoms with van der Waals surface area (Å²) in [5.41, 5.74) is 8.12. The van der Waals surface area contributed by atoms with Crippen LogP contribution in [0.4, 0.5) is 0 Å². The minimum atomic E-state index is 0.717. The fourth-order valence-corrected chi connectivity index (χ4v) is 1.26. The minimum absolute atomic E-state index is 0.717. The van der Waals surface area contributed by atoms with Gasteiger partial charge in [-0.25, -0.2) is 0 Å². The van der Waals surface area contributed by atoms with Gasteiger partial charge in [-0.05, 0) is 31.0 Å². The Bertz CT molecular complexity index is 263. The van der Waals surface area contributed by atoms with Gasteiger partial charge in [-0.15, -0.1) is 0 Å². The van der Waals surface area contributed by atoms with Crippen molar-refractivity contribution in [2.24, 2.45) is 5.73 Å². The lowest BCUT2D eigenvalue weighted by Gasteiger charge is -2.02. The first kappa shape index (κ1) is 9.01. The smallest absolute Gasteiger partial charge is 0.00365 e. The average molecular weight is 161 g/mol. The molecule has 0 aliphatic heterocycles. The molecule has 0 spiro atoms. The second-order valence-corrected chi connectivity index (χ2v) is 2.74. The van der Waals surface area contributed by atoms with Crippen molar-refractivity contribution in [3.63, 3.8) is 0 Å². The molecule has 0 radical (unpaired) electrons. The van der Waals surface area contributed by atoms with Gasteiger partial charge in [0.1, 0.15) is 0 Å². The summed E-state index contributed by atoms with van der Waals surface area (Å²) >= 11 is 0. The summed E-state index contributed by atoms with van der Waals surface area (Å²) < 4.78 is 0. The third kappa shape index (κ3) is 2.21. The summed E-state index contributed by atoms with van der Waals surface area (Å²) in [4.78, 5) is 0. The van der Waals surface area contributed by atoms with Crippen molar-refractivity contribution in [2.45, 2.75) is 13.3 Å². The van der Waals surface area contributed by atoms with Crippen LogP contribution in [0.1, 0.15) is 18.1 Å². The number of nitrogens with two attached hydrogens (primary N) is 1. The van der Waals surface area contributed by atoms with Gasteiger partial charge in [0.05, 0.1) is 0 Å². The molecule has 0 saturated heterocycles. The SMILES string of the molecule is CC=Cc1ccccc1CCN. The Morgan fingerprint density at radius 3 is 2.75 bits per heavy atom. The van der Waals surface area contributed by atoms with Crippen molar-refractivity contribution >= 4 is 6.08 Å². The number of allylic oxidation sites excluding steroid dienone is 1. The fourth-order valence-electron chi connectivity index (χ4n) is 1.26. The largest absolute Gasteiger partial charge is 0.330 e. The van der Waals surface area contributed by atoms with Crippen molar-refractivity contribution in [1.82, 2.24) is 0 Å². The highest BCUT2D eigenvalue weighted by Gasteiger charge is 1.95. The van der Waals surface area contributed by atoms with E-state index < -0.39 is 0 Å². The number of hydrogen-bond donors (Lipinski definition) is 1. The lowest BCUT2D eigenvalue weighted by Crippen LogP contribution is -2.03. The number of benzene rings is 1. The molecule has 0 aromatic heterocycles. The zero-order valence-electron chi connectivity index (χ0n) is 7.46. The molecule has 1 aromatic rings. The van der Waals surface area contributed by atoms with Gasteiger partial charge in [-0.2, -0.15) is 0 Å². The Labute approximate surface area is 73.9 Å². The van der Waals surface area contributed by atoms with E-state index in [4.69, 9.17) is 5.73 Å².